The Morgan fingerprint density at radius 1 is 0.846 bits per heavy atom. The Morgan fingerprint density at radius 2 is 1.08 bits per heavy atom. The van der Waals surface area contributed by atoms with E-state index in [9.17, 15) is 19.8 Å². The molecule has 0 aliphatic heterocycles. The third-order valence-corrected chi connectivity index (χ3v) is 1.90. The molecule has 0 bridgehead atoms. The van der Waals surface area contributed by atoms with E-state index in [-0.39, 0.29) is 17.1 Å². The minimum atomic E-state index is -1.23. The van der Waals surface area contributed by atoms with Gasteiger partial charge in [0.2, 0.25) is 0 Å². The van der Waals surface area contributed by atoms with Crippen LogP contribution in [0.15, 0.2) is 21.6 Å². The Bertz CT molecular complexity index is 283. The second kappa shape index (κ2) is 4.15. The second-order valence-electron chi connectivity index (χ2n) is 1.94. The Kier molecular flexibility index (Phi) is 4.00. The standard InChI is InChI=1S/C6H2Cl2O4.Mn/c7-1-3(9)5(11)2(8)6(12)4(1)10;/h9,12H;/q;+2/p-2. The maximum absolute atomic E-state index is 10.7. The van der Waals surface area contributed by atoms with Gasteiger partial charge in [-0.2, -0.15) is 0 Å². The summed E-state index contributed by atoms with van der Waals surface area (Å²) >= 11 is 10.2. The number of rotatable bonds is 0. The van der Waals surface area contributed by atoms with Crippen molar-refractivity contribution in [2.75, 3.05) is 0 Å². The van der Waals surface area contributed by atoms with E-state index < -0.39 is 33.1 Å². The van der Waals surface area contributed by atoms with E-state index in [0.29, 0.717) is 0 Å². The van der Waals surface area contributed by atoms with Crippen molar-refractivity contribution in [3.8, 4) is 0 Å². The van der Waals surface area contributed by atoms with E-state index >= 15 is 0 Å². The largest absolute Gasteiger partial charge is 2.00 e. The molecule has 7 heteroatoms. The number of carbonyl (C=O) groups is 2. The topological polar surface area (TPSA) is 80.3 Å². The van der Waals surface area contributed by atoms with Crippen molar-refractivity contribution in [1.29, 1.82) is 0 Å². The molecular weight excluding hydrogens is 262 g/mol. The maximum Gasteiger partial charge on any atom is 2.00 e. The molecule has 0 saturated heterocycles. The molecule has 0 heterocycles. The number of ketones is 2. The first-order valence-corrected chi connectivity index (χ1v) is 3.45. The molecule has 0 N–H and O–H groups in total. The molecule has 1 radical (unpaired) electrons. The second-order valence-corrected chi connectivity index (χ2v) is 2.70. The van der Waals surface area contributed by atoms with Crippen molar-refractivity contribution in [2.45, 2.75) is 0 Å². The third kappa shape index (κ3) is 1.89. The van der Waals surface area contributed by atoms with Gasteiger partial charge in [-0.1, -0.05) is 23.2 Å². The molecule has 0 saturated carbocycles. The molecule has 1 aliphatic carbocycles. The normalized spacial score (nSPS) is 17.7. The molecule has 1 rings (SSSR count). The van der Waals surface area contributed by atoms with Crippen molar-refractivity contribution in [1.82, 2.24) is 0 Å². The molecule has 0 amide bonds. The fraction of sp³-hybridized carbons (Fsp3) is 0. The van der Waals surface area contributed by atoms with Crippen molar-refractivity contribution >= 4 is 34.8 Å². The van der Waals surface area contributed by atoms with Crippen LogP contribution in [0, 0.1) is 0 Å². The van der Waals surface area contributed by atoms with E-state index in [2.05, 4.69) is 0 Å². The number of allylic oxidation sites excluding steroid dienone is 2. The molecule has 1 aliphatic rings. The molecule has 0 aromatic heterocycles. The minimum Gasteiger partial charge on any atom is -0.869 e. The van der Waals surface area contributed by atoms with Gasteiger partial charge in [-0.15, -0.1) is 0 Å². The van der Waals surface area contributed by atoms with E-state index in [0.717, 1.165) is 0 Å². The molecule has 0 fully saturated rings. The maximum atomic E-state index is 10.7. The molecule has 13 heavy (non-hydrogen) atoms. The number of carbonyl (C=O) groups excluding carboxylic acids is 2. The summed E-state index contributed by atoms with van der Waals surface area (Å²) in [5, 5.41) is 19.6. The number of hydrogen-bond donors (Lipinski definition) is 0. The summed E-state index contributed by atoms with van der Waals surface area (Å²) < 4.78 is 0. The Hall–Kier alpha value is -0.481. The van der Waals surface area contributed by atoms with Crippen LogP contribution >= 0.6 is 23.2 Å². The smallest absolute Gasteiger partial charge is 0.869 e. The zero-order valence-corrected chi connectivity index (χ0v) is 8.46. The molecule has 0 atom stereocenters. The van der Waals surface area contributed by atoms with Crippen molar-refractivity contribution in [2.24, 2.45) is 0 Å². The van der Waals surface area contributed by atoms with Crippen molar-refractivity contribution < 1.29 is 36.9 Å². The molecule has 69 valence electrons. The first-order chi connectivity index (χ1) is 5.46. The summed E-state index contributed by atoms with van der Waals surface area (Å²) in [4.78, 5) is 21.4. The van der Waals surface area contributed by atoms with Gasteiger partial charge in [-0.25, -0.2) is 0 Å². The van der Waals surface area contributed by atoms with Crippen LogP contribution in [0.2, 0.25) is 0 Å². The van der Waals surface area contributed by atoms with Crippen LogP contribution in [0.25, 0.3) is 0 Å². The molecule has 0 aromatic carbocycles. The van der Waals surface area contributed by atoms with Crippen LogP contribution in [-0.2, 0) is 26.7 Å². The van der Waals surface area contributed by atoms with Crippen LogP contribution < -0.4 is 10.2 Å². The predicted molar refractivity (Wildman–Crippen MR) is 35.8 cm³/mol. The van der Waals surface area contributed by atoms with Crippen LogP contribution in [0.1, 0.15) is 0 Å². The predicted octanol–water partition coefficient (Wildman–Crippen LogP) is -1.24. The van der Waals surface area contributed by atoms with E-state index in [1.54, 1.807) is 0 Å². The Balaban J connectivity index is 0.00000144. The summed E-state index contributed by atoms with van der Waals surface area (Å²) in [6.07, 6.45) is 0. The van der Waals surface area contributed by atoms with Gasteiger partial charge in [0.25, 0.3) is 0 Å². The third-order valence-electron chi connectivity index (χ3n) is 1.21. The van der Waals surface area contributed by atoms with Gasteiger partial charge in [-0.3, -0.25) is 9.59 Å². The SMILES string of the molecule is O=C1C([O-])=C(Cl)C(=O)C([O-])=C1Cl.[Mn+2]. The van der Waals surface area contributed by atoms with E-state index in [1.165, 1.54) is 0 Å². The van der Waals surface area contributed by atoms with Gasteiger partial charge in [0.1, 0.15) is 0 Å². The quantitative estimate of drug-likeness (QED) is 0.404. The van der Waals surface area contributed by atoms with Crippen LogP contribution in [0.3, 0.4) is 0 Å². The van der Waals surface area contributed by atoms with Gasteiger partial charge in [-0.05, 0) is 11.5 Å². The van der Waals surface area contributed by atoms with E-state index in [4.69, 9.17) is 23.2 Å². The van der Waals surface area contributed by atoms with Gasteiger partial charge in [0.15, 0.2) is 11.6 Å². The summed E-state index contributed by atoms with van der Waals surface area (Å²) in [6, 6.07) is 0. The number of hydrogen-bond acceptors (Lipinski definition) is 4. The number of Topliss-reactive ketones (excluding diaryl/α,β-unsaturated/α-hetero) is 2. The Morgan fingerprint density at radius 3 is 1.31 bits per heavy atom. The molecule has 0 aromatic rings. The molecule has 4 nitrogen and oxygen atoms in total. The minimum absolute atomic E-state index is 0. The van der Waals surface area contributed by atoms with Gasteiger partial charge in [0.05, 0.1) is 10.1 Å². The monoisotopic (exact) mass is 261 g/mol. The van der Waals surface area contributed by atoms with Gasteiger partial charge < -0.3 is 10.2 Å². The Labute approximate surface area is 93.3 Å². The first-order valence-electron chi connectivity index (χ1n) is 2.69. The van der Waals surface area contributed by atoms with Crippen molar-refractivity contribution in [3.63, 3.8) is 0 Å². The summed E-state index contributed by atoms with van der Waals surface area (Å²) in [5.41, 5.74) is 0. The fourth-order valence-electron chi connectivity index (χ4n) is 0.605. The number of halogens is 2. The summed E-state index contributed by atoms with van der Waals surface area (Å²) in [6.45, 7) is 0. The summed E-state index contributed by atoms with van der Waals surface area (Å²) in [7, 11) is 0. The zero-order valence-electron chi connectivity index (χ0n) is 5.77. The average Bonchev–Trinajstić information content (AvgIpc) is 2.08. The van der Waals surface area contributed by atoms with Crippen LogP contribution in [-0.4, -0.2) is 11.6 Å². The molecular formula is C6Cl2MnO4. The van der Waals surface area contributed by atoms with Gasteiger partial charge >= 0.3 is 17.1 Å². The average molecular weight is 262 g/mol. The summed E-state index contributed by atoms with van der Waals surface area (Å²) in [5.74, 6) is -4.92. The molecule has 0 spiro atoms. The van der Waals surface area contributed by atoms with E-state index in [1.807, 2.05) is 0 Å². The van der Waals surface area contributed by atoms with Gasteiger partial charge in [0, 0.05) is 0 Å². The van der Waals surface area contributed by atoms with Crippen LogP contribution in [0.5, 0.6) is 0 Å². The van der Waals surface area contributed by atoms with Crippen molar-refractivity contribution in [3.05, 3.63) is 21.6 Å². The molecule has 0 unspecified atom stereocenters. The zero-order chi connectivity index (χ0) is 9.46. The van der Waals surface area contributed by atoms with Crippen LogP contribution in [0.4, 0.5) is 0 Å². The first kappa shape index (κ1) is 12.5. The fourth-order valence-corrected chi connectivity index (χ4v) is 0.948.